The second-order valence-electron chi connectivity index (χ2n) is 6.79. The molecule has 0 spiro atoms. The number of carbonyl (C=O) groups is 1. The number of H-pyrrole nitrogens is 2. The number of hydrogen-bond acceptors (Lipinski definition) is 3. The molecule has 0 radical (unpaired) electrons. The average Bonchev–Trinajstić information content (AvgIpc) is 3.39. The molecule has 29 heavy (non-hydrogen) atoms. The number of nitrogens with one attached hydrogen (secondary N) is 3. The van der Waals surface area contributed by atoms with Gasteiger partial charge in [0.1, 0.15) is 18.1 Å². The minimum absolute atomic E-state index is 0.202. The number of nitrogens with zero attached hydrogens (tertiary/aromatic N) is 1. The van der Waals surface area contributed by atoms with Crippen LogP contribution in [0.4, 0.5) is 5.69 Å². The number of carbonyl (C=O) groups excluding carboxylic acids is 1. The lowest BCUT2D eigenvalue weighted by atomic mass is 10.2. The number of hydrogen-bond donors (Lipinski definition) is 3. The van der Waals surface area contributed by atoms with Gasteiger partial charge in [0.05, 0.1) is 17.4 Å². The molecule has 0 saturated carbocycles. The summed E-state index contributed by atoms with van der Waals surface area (Å²) >= 11 is 0. The molecule has 6 heteroatoms. The van der Waals surface area contributed by atoms with Crippen LogP contribution in [0.15, 0.2) is 79.1 Å². The van der Waals surface area contributed by atoms with Crippen molar-refractivity contribution >= 4 is 33.5 Å². The normalized spacial score (nSPS) is 11.0. The minimum Gasteiger partial charge on any atom is -0.489 e. The first-order chi connectivity index (χ1) is 14.2. The number of amides is 1. The molecule has 0 fully saturated rings. The molecule has 1 amide bonds. The smallest absolute Gasteiger partial charge is 0.272 e. The van der Waals surface area contributed by atoms with Gasteiger partial charge in [-0.1, -0.05) is 30.3 Å². The van der Waals surface area contributed by atoms with Gasteiger partial charge in [-0.2, -0.15) is 0 Å². The van der Waals surface area contributed by atoms with Crippen LogP contribution in [-0.4, -0.2) is 20.9 Å². The summed E-state index contributed by atoms with van der Waals surface area (Å²) in [5.41, 5.74) is 4.89. The third-order valence-corrected chi connectivity index (χ3v) is 4.76. The summed E-state index contributed by atoms with van der Waals surface area (Å²) in [6, 6.07) is 23.2. The molecular formula is C23H18N4O2. The lowest BCUT2D eigenvalue weighted by molar-refractivity contribution is 0.102. The number of benzene rings is 3. The summed E-state index contributed by atoms with van der Waals surface area (Å²) in [5, 5.41) is 3.86. The van der Waals surface area contributed by atoms with Crippen molar-refractivity contribution in [1.82, 2.24) is 15.0 Å². The van der Waals surface area contributed by atoms with E-state index in [1.807, 2.05) is 72.8 Å². The Kier molecular flexibility index (Phi) is 4.22. The first-order valence-electron chi connectivity index (χ1n) is 9.29. The minimum atomic E-state index is -0.202. The lowest BCUT2D eigenvalue weighted by Gasteiger charge is -2.06. The van der Waals surface area contributed by atoms with Crippen molar-refractivity contribution in [3.8, 4) is 5.75 Å². The highest BCUT2D eigenvalue weighted by molar-refractivity contribution is 6.06. The number of anilines is 1. The van der Waals surface area contributed by atoms with Crippen molar-refractivity contribution in [2.45, 2.75) is 6.61 Å². The monoisotopic (exact) mass is 382 g/mol. The van der Waals surface area contributed by atoms with E-state index in [0.29, 0.717) is 18.0 Å². The second-order valence-corrected chi connectivity index (χ2v) is 6.79. The van der Waals surface area contributed by atoms with Gasteiger partial charge < -0.3 is 20.0 Å². The highest BCUT2D eigenvalue weighted by atomic mass is 16.5. The molecular weight excluding hydrogens is 364 g/mol. The molecule has 0 atom stereocenters. The van der Waals surface area contributed by atoms with Gasteiger partial charge in [-0.3, -0.25) is 4.79 Å². The van der Waals surface area contributed by atoms with Crippen molar-refractivity contribution in [1.29, 1.82) is 0 Å². The van der Waals surface area contributed by atoms with Gasteiger partial charge in [0.15, 0.2) is 0 Å². The zero-order valence-electron chi connectivity index (χ0n) is 15.5. The molecule has 0 bridgehead atoms. The number of rotatable bonds is 5. The molecule has 6 nitrogen and oxygen atoms in total. The molecule has 0 saturated heterocycles. The van der Waals surface area contributed by atoms with E-state index < -0.39 is 0 Å². The zero-order chi connectivity index (χ0) is 19.6. The lowest BCUT2D eigenvalue weighted by Crippen LogP contribution is -2.12. The van der Waals surface area contributed by atoms with Crippen LogP contribution in [-0.2, 0) is 6.61 Å². The van der Waals surface area contributed by atoms with Crippen molar-refractivity contribution in [2.75, 3.05) is 5.32 Å². The summed E-state index contributed by atoms with van der Waals surface area (Å²) in [5.74, 6) is 0.548. The maximum absolute atomic E-state index is 12.7. The number of aromatic nitrogens is 3. The van der Waals surface area contributed by atoms with Crippen LogP contribution < -0.4 is 10.1 Å². The molecule has 0 unspecified atom stereocenters. The molecule has 3 N–H and O–H groups in total. The Bertz CT molecular complexity index is 1300. The fourth-order valence-electron chi connectivity index (χ4n) is 3.27. The number of ether oxygens (including phenoxy) is 1. The number of imidazole rings is 1. The standard InChI is InChI=1S/C23H18N4O2/c28-23(26-17-7-9-19-21(11-17)25-14-24-19)22-10-16-6-8-18(12-20(16)27-22)29-13-15-4-2-1-3-5-15/h1-12,14,27H,13H2,(H,24,25)(H,26,28). The predicted molar refractivity (Wildman–Crippen MR) is 113 cm³/mol. The van der Waals surface area contributed by atoms with E-state index in [0.717, 1.165) is 33.2 Å². The highest BCUT2D eigenvalue weighted by Crippen LogP contribution is 2.23. The molecule has 5 rings (SSSR count). The maximum Gasteiger partial charge on any atom is 0.272 e. The second kappa shape index (κ2) is 7.16. The Morgan fingerprint density at radius 2 is 1.86 bits per heavy atom. The van der Waals surface area contributed by atoms with Gasteiger partial charge in [0.25, 0.3) is 5.91 Å². The van der Waals surface area contributed by atoms with Crippen molar-refractivity contribution in [3.05, 3.63) is 90.4 Å². The summed E-state index contributed by atoms with van der Waals surface area (Å²) < 4.78 is 5.87. The molecule has 2 heterocycles. The van der Waals surface area contributed by atoms with Crippen LogP contribution in [0.2, 0.25) is 0 Å². The van der Waals surface area contributed by atoms with Gasteiger partial charge in [-0.15, -0.1) is 0 Å². The number of aromatic amines is 2. The third-order valence-electron chi connectivity index (χ3n) is 4.76. The van der Waals surface area contributed by atoms with Crippen LogP contribution >= 0.6 is 0 Å². The SMILES string of the molecule is O=C(Nc1ccc2nc[nH]c2c1)c1cc2ccc(OCc3ccccc3)cc2[nH]1. The van der Waals surface area contributed by atoms with Gasteiger partial charge in [-0.25, -0.2) is 4.98 Å². The quantitative estimate of drug-likeness (QED) is 0.405. The van der Waals surface area contributed by atoms with E-state index in [2.05, 4.69) is 20.3 Å². The first kappa shape index (κ1) is 17.1. The fraction of sp³-hybridized carbons (Fsp3) is 0.0435. The zero-order valence-corrected chi connectivity index (χ0v) is 15.5. The average molecular weight is 382 g/mol. The molecule has 2 aromatic heterocycles. The van der Waals surface area contributed by atoms with Crippen molar-refractivity contribution in [2.24, 2.45) is 0 Å². The third kappa shape index (κ3) is 3.55. The van der Waals surface area contributed by atoms with Gasteiger partial charge in [0.2, 0.25) is 0 Å². The molecule has 3 aromatic carbocycles. The summed E-state index contributed by atoms with van der Waals surface area (Å²) in [7, 11) is 0. The van der Waals surface area contributed by atoms with Gasteiger partial charge in [0, 0.05) is 22.7 Å². The van der Waals surface area contributed by atoms with Crippen LogP contribution in [0.5, 0.6) is 5.75 Å². The molecule has 0 aliphatic rings. The van der Waals surface area contributed by atoms with Crippen LogP contribution in [0, 0.1) is 0 Å². The Labute approximate surface area is 166 Å². The summed E-state index contributed by atoms with van der Waals surface area (Å²) in [6.45, 7) is 0.497. The van der Waals surface area contributed by atoms with E-state index in [9.17, 15) is 4.79 Å². The summed E-state index contributed by atoms with van der Waals surface area (Å²) in [6.07, 6.45) is 1.63. The maximum atomic E-state index is 12.7. The van der Waals surface area contributed by atoms with Crippen LogP contribution in [0.25, 0.3) is 21.9 Å². The van der Waals surface area contributed by atoms with Crippen molar-refractivity contribution < 1.29 is 9.53 Å². The van der Waals surface area contributed by atoms with Crippen LogP contribution in [0.1, 0.15) is 16.1 Å². The molecule has 0 aliphatic carbocycles. The molecule has 142 valence electrons. The summed E-state index contributed by atoms with van der Waals surface area (Å²) in [4.78, 5) is 23.1. The van der Waals surface area contributed by atoms with E-state index in [-0.39, 0.29) is 5.91 Å². The number of fused-ring (bicyclic) bond motifs is 2. The van der Waals surface area contributed by atoms with Crippen molar-refractivity contribution in [3.63, 3.8) is 0 Å². The Morgan fingerprint density at radius 3 is 2.76 bits per heavy atom. The topological polar surface area (TPSA) is 82.8 Å². The van der Waals surface area contributed by atoms with E-state index in [1.165, 1.54) is 0 Å². The highest BCUT2D eigenvalue weighted by Gasteiger charge is 2.11. The van der Waals surface area contributed by atoms with E-state index in [4.69, 9.17) is 4.74 Å². The Hall–Kier alpha value is -4.06. The Balaban J connectivity index is 1.32. The van der Waals surface area contributed by atoms with Gasteiger partial charge in [-0.05, 0) is 42.0 Å². The largest absolute Gasteiger partial charge is 0.489 e. The van der Waals surface area contributed by atoms with E-state index in [1.54, 1.807) is 6.33 Å². The predicted octanol–water partition coefficient (Wildman–Crippen LogP) is 4.88. The first-order valence-corrected chi connectivity index (χ1v) is 9.29. The Morgan fingerprint density at radius 1 is 0.966 bits per heavy atom. The molecule has 0 aliphatic heterocycles. The van der Waals surface area contributed by atoms with Crippen LogP contribution in [0.3, 0.4) is 0 Å². The fourth-order valence-corrected chi connectivity index (χ4v) is 3.27. The van der Waals surface area contributed by atoms with E-state index >= 15 is 0 Å². The van der Waals surface area contributed by atoms with Gasteiger partial charge >= 0.3 is 0 Å². The molecule has 5 aromatic rings.